The van der Waals surface area contributed by atoms with Gasteiger partial charge in [-0.2, -0.15) is 23.3 Å². The van der Waals surface area contributed by atoms with Gasteiger partial charge in [-0.25, -0.2) is 5.10 Å². The van der Waals surface area contributed by atoms with Crippen LogP contribution in [0.2, 0.25) is 0 Å². The van der Waals surface area contributed by atoms with Gasteiger partial charge in [0.2, 0.25) is 0 Å². The number of hydrogen-bond acceptors (Lipinski definition) is 6. The van der Waals surface area contributed by atoms with Crippen LogP contribution in [0.5, 0.6) is 0 Å². The fourth-order valence-electron chi connectivity index (χ4n) is 2.04. The van der Waals surface area contributed by atoms with E-state index in [1.165, 1.54) is 18.5 Å². The Labute approximate surface area is 141 Å². The average molecular weight is 355 g/mol. The number of carbonyl (C=O) groups excluding carboxylic acids is 1. The second kappa shape index (κ2) is 7.73. The minimum absolute atomic E-state index is 0.0601. The Morgan fingerprint density at radius 2 is 2.00 bits per heavy atom. The molecule has 1 aromatic carbocycles. The van der Waals surface area contributed by atoms with E-state index in [1.807, 2.05) is 24.1 Å². The van der Waals surface area contributed by atoms with Crippen molar-refractivity contribution in [2.45, 2.75) is 20.0 Å². The summed E-state index contributed by atoms with van der Waals surface area (Å²) in [6.45, 7) is 5.13. The van der Waals surface area contributed by atoms with E-state index in [9.17, 15) is 18.0 Å². The number of halogens is 3. The second-order valence-electron chi connectivity index (χ2n) is 4.83. The summed E-state index contributed by atoms with van der Waals surface area (Å²) in [5, 5.41) is 15.4. The molecule has 2 rings (SSSR count). The lowest BCUT2D eigenvalue weighted by molar-refractivity contribution is -0.167. The third-order valence-corrected chi connectivity index (χ3v) is 3.27. The quantitative estimate of drug-likeness (QED) is 0.774. The molecule has 8 nitrogen and oxygen atoms in total. The standard InChI is InChI=1S/C14H16F3N7O/c1-3-24(4-2)9-5-6-10(21-23-13-18-8-19-22-13)11(7-9)20-12(25)14(15,16)17/h5-8H,3-4H2,1-2H3,(H,20,25)(H,18,19,22). The minimum Gasteiger partial charge on any atom is -0.372 e. The van der Waals surface area contributed by atoms with Crippen LogP contribution < -0.4 is 10.2 Å². The van der Waals surface area contributed by atoms with E-state index >= 15 is 0 Å². The number of alkyl halides is 3. The second-order valence-corrected chi connectivity index (χ2v) is 4.83. The van der Waals surface area contributed by atoms with Crippen LogP contribution in [0.1, 0.15) is 13.8 Å². The fourth-order valence-corrected chi connectivity index (χ4v) is 2.04. The lowest BCUT2D eigenvalue weighted by Crippen LogP contribution is -2.30. The highest BCUT2D eigenvalue weighted by molar-refractivity contribution is 5.97. The Balaban J connectivity index is 2.38. The van der Waals surface area contributed by atoms with Gasteiger partial charge < -0.3 is 10.2 Å². The third-order valence-electron chi connectivity index (χ3n) is 3.27. The van der Waals surface area contributed by atoms with Crippen molar-refractivity contribution < 1.29 is 18.0 Å². The molecular weight excluding hydrogens is 339 g/mol. The van der Waals surface area contributed by atoms with Crippen LogP contribution in [0.4, 0.5) is 36.2 Å². The maximum atomic E-state index is 12.6. The highest BCUT2D eigenvalue weighted by atomic mass is 19.4. The Hall–Kier alpha value is -2.98. The first kappa shape index (κ1) is 18.4. The molecule has 0 aliphatic heterocycles. The molecule has 25 heavy (non-hydrogen) atoms. The number of rotatable bonds is 6. The molecule has 1 heterocycles. The Morgan fingerprint density at radius 1 is 1.28 bits per heavy atom. The Kier molecular flexibility index (Phi) is 5.67. The molecule has 134 valence electrons. The summed E-state index contributed by atoms with van der Waals surface area (Å²) in [5.74, 6) is -2.00. The molecule has 0 aliphatic carbocycles. The van der Waals surface area contributed by atoms with Gasteiger partial charge in [-0.1, -0.05) is 0 Å². The van der Waals surface area contributed by atoms with E-state index in [2.05, 4.69) is 25.4 Å². The van der Waals surface area contributed by atoms with Crippen LogP contribution in [-0.2, 0) is 4.79 Å². The molecule has 0 saturated carbocycles. The first-order chi connectivity index (χ1) is 11.8. The van der Waals surface area contributed by atoms with Crippen molar-refractivity contribution in [1.82, 2.24) is 15.2 Å². The predicted octanol–water partition coefficient (Wildman–Crippen LogP) is 3.57. The number of hydrogen-bond donors (Lipinski definition) is 2. The van der Waals surface area contributed by atoms with Crippen molar-refractivity contribution >= 4 is 28.9 Å². The van der Waals surface area contributed by atoms with Crippen molar-refractivity contribution in [2.75, 3.05) is 23.3 Å². The SMILES string of the molecule is CCN(CC)c1ccc(N=Nc2ncn[nH]2)c(NC(=O)C(F)(F)F)c1. The predicted molar refractivity (Wildman–Crippen MR) is 85.2 cm³/mol. The molecule has 0 bridgehead atoms. The summed E-state index contributed by atoms with van der Waals surface area (Å²) in [6, 6.07) is 4.58. The molecule has 1 aromatic heterocycles. The fraction of sp³-hybridized carbons (Fsp3) is 0.357. The lowest BCUT2D eigenvalue weighted by Gasteiger charge is -2.22. The van der Waals surface area contributed by atoms with E-state index in [0.29, 0.717) is 18.8 Å². The van der Waals surface area contributed by atoms with Crippen molar-refractivity contribution in [3.63, 3.8) is 0 Å². The smallest absolute Gasteiger partial charge is 0.372 e. The van der Waals surface area contributed by atoms with E-state index in [4.69, 9.17) is 0 Å². The topological polar surface area (TPSA) is 98.6 Å². The molecule has 2 N–H and O–H groups in total. The molecule has 2 aromatic rings. The normalized spacial score (nSPS) is 11.7. The summed E-state index contributed by atoms with van der Waals surface area (Å²) < 4.78 is 37.7. The lowest BCUT2D eigenvalue weighted by atomic mass is 10.2. The van der Waals surface area contributed by atoms with Crippen LogP contribution >= 0.6 is 0 Å². The minimum atomic E-state index is -5.01. The molecule has 0 unspecified atom stereocenters. The summed E-state index contributed by atoms with van der Waals surface area (Å²) in [5.41, 5.74) is 0.612. The van der Waals surface area contributed by atoms with E-state index in [1.54, 1.807) is 6.07 Å². The number of carbonyl (C=O) groups is 1. The van der Waals surface area contributed by atoms with Gasteiger partial charge in [0.15, 0.2) is 0 Å². The number of anilines is 2. The van der Waals surface area contributed by atoms with E-state index in [-0.39, 0.29) is 17.3 Å². The number of nitrogens with zero attached hydrogens (tertiary/aromatic N) is 5. The number of H-pyrrole nitrogens is 1. The van der Waals surface area contributed by atoms with Crippen LogP contribution in [-0.4, -0.2) is 40.4 Å². The van der Waals surface area contributed by atoms with Crippen LogP contribution in [0.15, 0.2) is 34.8 Å². The Bertz CT molecular complexity index is 739. The molecule has 1 amide bonds. The number of amides is 1. The molecule has 0 aliphatic rings. The molecule has 0 fully saturated rings. The maximum Gasteiger partial charge on any atom is 0.471 e. The van der Waals surface area contributed by atoms with Gasteiger partial charge in [-0.15, -0.1) is 10.2 Å². The zero-order valence-electron chi connectivity index (χ0n) is 13.5. The largest absolute Gasteiger partial charge is 0.471 e. The van der Waals surface area contributed by atoms with Crippen molar-refractivity contribution in [3.05, 3.63) is 24.5 Å². The van der Waals surface area contributed by atoms with Crippen molar-refractivity contribution in [2.24, 2.45) is 10.2 Å². The molecule has 0 saturated heterocycles. The number of benzene rings is 1. The van der Waals surface area contributed by atoms with Gasteiger partial charge in [0.1, 0.15) is 12.0 Å². The zero-order valence-corrected chi connectivity index (χ0v) is 13.5. The third kappa shape index (κ3) is 4.75. The zero-order chi connectivity index (χ0) is 18.4. The molecule has 0 radical (unpaired) electrons. The molecule has 11 heteroatoms. The van der Waals surface area contributed by atoms with Crippen LogP contribution in [0.3, 0.4) is 0 Å². The van der Waals surface area contributed by atoms with Gasteiger partial charge in [0, 0.05) is 18.8 Å². The molecule has 0 atom stereocenters. The van der Waals surface area contributed by atoms with Gasteiger partial charge >= 0.3 is 12.1 Å². The van der Waals surface area contributed by atoms with Crippen molar-refractivity contribution in [1.29, 1.82) is 0 Å². The van der Waals surface area contributed by atoms with Crippen LogP contribution in [0, 0.1) is 0 Å². The Morgan fingerprint density at radius 3 is 2.56 bits per heavy atom. The van der Waals surface area contributed by atoms with Gasteiger partial charge in [-0.3, -0.25) is 4.79 Å². The monoisotopic (exact) mass is 355 g/mol. The summed E-state index contributed by atoms with van der Waals surface area (Å²) in [7, 11) is 0. The first-order valence-electron chi connectivity index (χ1n) is 7.39. The average Bonchev–Trinajstić information content (AvgIpc) is 3.07. The first-order valence-corrected chi connectivity index (χ1v) is 7.39. The number of azo groups is 1. The molecular formula is C14H16F3N7O. The number of aromatic amines is 1. The maximum absolute atomic E-state index is 12.6. The highest BCUT2D eigenvalue weighted by Crippen LogP contribution is 2.32. The molecule has 0 spiro atoms. The van der Waals surface area contributed by atoms with Crippen LogP contribution in [0.25, 0.3) is 0 Å². The van der Waals surface area contributed by atoms with E-state index < -0.39 is 12.1 Å². The van der Waals surface area contributed by atoms with Gasteiger partial charge in [0.25, 0.3) is 5.95 Å². The summed E-state index contributed by atoms with van der Waals surface area (Å²) in [4.78, 5) is 16.9. The summed E-state index contributed by atoms with van der Waals surface area (Å²) >= 11 is 0. The highest BCUT2D eigenvalue weighted by Gasteiger charge is 2.39. The van der Waals surface area contributed by atoms with E-state index in [0.717, 1.165) is 0 Å². The number of aromatic nitrogens is 3. The number of nitrogens with one attached hydrogen (secondary N) is 2. The van der Waals surface area contributed by atoms with Crippen molar-refractivity contribution in [3.8, 4) is 0 Å². The van der Waals surface area contributed by atoms with Gasteiger partial charge in [-0.05, 0) is 32.0 Å². The summed E-state index contributed by atoms with van der Waals surface area (Å²) in [6.07, 6.45) is -3.80. The van der Waals surface area contributed by atoms with Gasteiger partial charge in [0.05, 0.1) is 5.69 Å².